The maximum absolute atomic E-state index is 12.6. The van der Waals surface area contributed by atoms with E-state index < -0.39 is 6.04 Å². The molecule has 142 valence electrons. The minimum atomic E-state index is -0.533. The average Bonchev–Trinajstić information content (AvgIpc) is 3.01. The van der Waals surface area contributed by atoms with Crippen LogP contribution in [-0.4, -0.2) is 47.1 Å². The van der Waals surface area contributed by atoms with Crippen molar-refractivity contribution in [3.8, 4) is 0 Å². The summed E-state index contributed by atoms with van der Waals surface area (Å²) in [5.74, 6) is -0.410. The van der Waals surface area contributed by atoms with E-state index in [1.54, 1.807) is 38.2 Å². The van der Waals surface area contributed by atoms with Gasteiger partial charge >= 0.3 is 0 Å². The number of benzene rings is 1. The van der Waals surface area contributed by atoms with Gasteiger partial charge in [0.1, 0.15) is 6.04 Å². The number of aromatic nitrogens is 2. The monoisotopic (exact) mass is 379 g/mol. The van der Waals surface area contributed by atoms with Crippen LogP contribution in [0.2, 0.25) is 0 Å². The Labute approximate surface area is 160 Å². The molecule has 2 amide bonds. The fourth-order valence-corrected chi connectivity index (χ4v) is 2.68. The summed E-state index contributed by atoms with van der Waals surface area (Å²) >= 11 is 0. The zero-order valence-corrected chi connectivity index (χ0v) is 16.3. The van der Waals surface area contributed by atoms with Gasteiger partial charge in [-0.3, -0.25) is 14.3 Å². The Balaban J connectivity index is 0.00000338. The third-order valence-corrected chi connectivity index (χ3v) is 4.02. The summed E-state index contributed by atoms with van der Waals surface area (Å²) in [5.41, 5.74) is 2.61. The van der Waals surface area contributed by atoms with Gasteiger partial charge in [-0.15, -0.1) is 12.4 Å². The molecule has 8 heteroatoms. The van der Waals surface area contributed by atoms with Gasteiger partial charge in [0.2, 0.25) is 11.8 Å². The molecule has 2 aromatic rings. The first-order chi connectivity index (χ1) is 12.0. The summed E-state index contributed by atoms with van der Waals surface area (Å²) in [4.78, 5) is 26.4. The molecule has 0 aliphatic rings. The first-order valence-corrected chi connectivity index (χ1v) is 8.24. The van der Waals surface area contributed by atoms with Crippen molar-refractivity contribution in [3.05, 3.63) is 47.8 Å². The quantitative estimate of drug-likeness (QED) is 0.768. The van der Waals surface area contributed by atoms with Gasteiger partial charge < -0.3 is 15.5 Å². The Morgan fingerprint density at radius 2 is 2.00 bits per heavy atom. The number of carbonyl (C=O) groups is 2. The Kier molecular flexibility index (Phi) is 8.28. The van der Waals surface area contributed by atoms with Crippen LogP contribution in [0.25, 0.3) is 0 Å². The van der Waals surface area contributed by atoms with Crippen LogP contribution in [-0.2, 0) is 23.1 Å². The molecule has 0 fully saturated rings. The number of hydrogen-bond donors (Lipinski definition) is 2. The lowest BCUT2D eigenvalue weighted by molar-refractivity contribution is -0.135. The molecule has 1 heterocycles. The maximum atomic E-state index is 12.6. The van der Waals surface area contributed by atoms with Crippen molar-refractivity contribution in [2.75, 3.05) is 26.0 Å². The van der Waals surface area contributed by atoms with Gasteiger partial charge in [-0.2, -0.15) is 5.10 Å². The zero-order valence-electron chi connectivity index (χ0n) is 15.5. The van der Waals surface area contributed by atoms with E-state index in [-0.39, 0.29) is 30.8 Å². The van der Waals surface area contributed by atoms with Crippen LogP contribution < -0.4 is 10.6 Å². The molecule has 7 nitrogen and oxygen atoms in total. The van der Waals surface area contributed by atoms with Gasteiger partial charge in [0, 0.05) is 31.5 Å². The molecule has 1 aromatic carbocycles. The number of carbonyl (C=O) groups excluding carboxylic acids is 2. The van der Waals surface area contributed by atoms with E-state index in [2.05, 4.69) is 15.7 Å². The van der Waals surface area contributed by atoms with E-state index >= 15 is 0 Å². The minimum absolute atomic E-state index is 0. The van der Waals surface area contributed by atoms with Crippen molar-refractivity contribution in [1.29, 1.82) is 0 Å². The van der Waals surface area contributed by atoms with E-state index in [1.807, 2.05) is 31.2 Å². The molecule has 1 atom stereocenters. The molecule has 2 N–H and O–H groups in total. The fraction of sp³-hybridized carbons (Fsp3) is 0.389. The van der Waals surface area contributed by atoms with E-state index in [1.165, 1.54) is 4.90 Å². The first-order valence-electron chi connectivity index (χ1n) is 8.24. The number of likely N-dealkylation sites (N-methyl/N-ethyl adjacent to an activating group) is 2. The summed E-state index contributed by atoms with van der Waals surface area (Å²) in [6, 6.07) is 7.13. The molecular formula is C18H26ClN5O2. The molecule has 26 heavy (non-hydrogen) atoms. The second-order valence-electron chi connectivity index (χ2n) is 5.92. The van der Waals surface area contributed by atoms with Crippen LogP contribution in [0, 0.1) is 0 Å². The summed E-state index contributed by atoms with van der Waals surface area (Å²) in [6.45, 7) is 2.02. The molecule has 0 aliphatic heterocycles. The number of hydrogen-bond acceptors (Lipinski definition) is 4. The first kappa shape index (κ1) is 21.7. The number of aryl methyl sites for hydroxylation is 2. The Morgan fingerprint density at radius 1 is 1.31 bits per heavy atom. The molecule has 0 saturated heterocycles. The van der Waals surface area contributed by atoms with Gasteiger partial charge in [0.25, 0.3) is 0 Å². The summed E-state index contributed by atoms with van der Waals surface area (Å²) in [6.07, 6.45) is 4.25. The van der Waals surface area contributed by atoms with E-state index in [4.69, 9.17) is 0 Å². The Hall–Kier alpha value is -2.38. The highest BCUT2D eigenvalue weighted by Crippen LogP contribution is 2.16. The second-order valence-corrected chi connectivity index (χ2v) is 5.92. The SMILES string of the molecule is CCc1ccccc1NC(=O)CN(C)C(=O)C(NC)c1cnn(C)c1.Cl. The lowest BCUT2D eigenvalue weighted by Gasteiger charge is -2.22. The summed E-state index contributed by atoms with van der Waals surface area (Å²) in [7, 11) is 5.12. The molecule has 0 aliphatic carbocycles. The van der Waals surface area contributed by atoms with Crippen LogP contribution in [0.1, 0.15) is 24.1 Å². The third kappa shape index (κ3) is 5.31. The molecular weight excluding hydrogens is 354 g/mol. The van der Waals surface area contributed by atoms with Crippen molar-refractivity contribution in [1.82, 2.24) is 20.0 Å². The topological polar surface area (TPSA) is 79.3 Å². The molecule has 2 rings (SSSR count). The molecule has 0 bridgehead atoms. The highest BCUT2D eigenvalue weighted by Gasteiger charge is 2.24. The normalized spacial score (nSPS) is 11.4. The smallest absolute Gasteiger partial charge is 0.244 e. The Morgan fingerprint density at radius 3 is 2.58 bits per heavy atom. The highest BCUT2D eigenvalue weighted by molar-refractivity contribution is 5.95. The number of rotatable bonds is 7. The lowest BCUT2D eigenvalue weighted by atomic mass is 10.1. The predicted molar refractivity (Wildman–Crippen MR) is 104 cm³/mol. The number of amides is 2. The van der Waals surface area contributed by atoms with E-state index in [9.17, 15) is 9.59 Å². The summed E-state index contributed by atoms with van der Waals surface area (Å²) in [5, 5.41) is 9.95. The van der Waals surface area contributed by atoms with Crippen molar-refractivity contribution in [2.24, 2.45) is 7.05 Å². The molecule has 1 unspecified atom stereocenters. The molecule has 1 aromatic heterocycles. The number of halogens is 1. The van der Waals surface area contributed by atoms with Crippen molar-refractivity contribution in [3.63, 3.8) is 0 Å². The highest BCUT2D eigenvalue weighted by atomic mass is 35.5. The van der Waals surface area contributed by atoms with Gasteiger partial charge in [-0.25, -0.2) is 0 Å². The van der Waals surface area contributed by atoms with Gasteiger partial charge in [0.05, 0.1) is 12.7 Å². The van der Waals surface area contributed by atoms with Crippen molar-refractivity contribution < 1.29 is 9.59 Å². The van der Waals surface area contributed by atoms with Gasteiger partial charge in [0.15, 0.2) is 0 Å². The molecule has 0 spiro atoms. The van der Waals surface area contributed by atoms with Crippen LogP contribution >= 0.6 is 12.4 Å². The number of nitrogens with one attached hydrogen (secondary N) is 2. The number of para-hydroxylation sites is 1. The van der Waals surface area contributed by atoms with E-state index in [0.29, 0.717) is 0 Å². The van der Waals surface area contributed by atoms with Crippen LogP contribution in [0.4, 0.5) is 5.69 Å². The van der Waals surface area contributed by atoms with Crippen molar-refractivity contribution >= 4 is 29.9 Å². The molecule has 0 saturated carbocycles. The van der Waals surface area contributed by atoms with Gasteiger partial charge in [-0.05, 0) is 25.1 Å². The fourth-order valence-electron chi connectivity index (χ4n) is 2.68. The second kappa shape index (κ2) is 9.94. The number of nitrogens with zero attached hydrogens (tertiary/aromatic N) is 3. The summed E-state index contributed by atoms with van der Waals surface area (Å²) < 4.78 is 1.64. The minimum Gasteiger partial charge on any atom is -0.335 e. The maximum Gasteiger partial charge on any atom is 0.244 e. The van der Waals surface area contributed by atoms with E-state index in [0.717, 1.165) is 23.2 Å². The van der Waals surface area contributed by atoms with Crippen LogP contribution in [0.5, 0.6) is 0 Å². The Bertz CT molecular complexity index is 747. The average molecular weight is 380 g/mol. The standard InChI is InChI=1S/C18H25N5O2.ClH/c1-5-13-8-6-7-9-15(13)21-16(24)12-22(3)18(25)17(19-2)14-10-20-23(4)11-14;/h6-11,17,19H,5,12H2,1-4H3,(H,21,24);1H. The molecule has 0 radical (unpaired) electrons. The zero-order chi connectivity index (χ0) is 18.4. The van der Waals surface area contributed by atoms with Crippen LogP contribution in [0.3, 0.4) is 0 Å². The number of anilines is 1. The third-order valence-electron chi connectivity index (χ3n) is 4.02. The predicted octanol–water partition coefficient (Wildman–Crippen LogP) is 1.76. The van der Waals surface area contributed by atoms with Gasteiger partial charge in [-0.1, -0.05) is 25.1 Å². The van der Waals surface area contributed by atoms with Crippen molar-refractivity contribution in [2.45, 2.75) is 19.4 Å². The van der Waals surface area contributed by atoms with Crippen LogP contribution in [0.15, 0.2) is 36.7 Å². The lowest BCUT2D eigenvalue weighted by Crippen LogP contribution is -2.41. The largest absolute Gasteiger partial charge is 0.335 e.